The van der Waals surface area contributed by atoms with Gasteiger partial charge in [-0.3, -0.25) is 9.59 Å². The molecule has 0 aliphatic heterocycles. The molecule has 0 bridgehead atoms. The molecule has 0 radical (unpaired) electrons. The van der Waals surface area contributed by atoms with Crippen molar-refractivity contribution in [3.05, 3.63) is 51.5 Å². The lowest BCUT2D eigenvalue weighted by Gasteiger charge is -2.11. The Balaban J connectivity index is 2.42. The average molecular weight is 302 g/mol. The molecule has 0 atom stereocenters. The number of hydrogen-bond acceptors (Lipinski definition) is 5. The van der Waals surface area contributed by atoms with Crippen molar-refractivity contribution in [2.75, 3.05) is 5.32 Å². The van der Waals surface area contributed by atoms with Crippen LogP contribution in [0.4, 0.5) is 10.1 Å². The first-order valence-corrected chi connectivity index (χ1v) is 6.12. The van der Waals surface area contributed by atoms with Gasteiger partial charge in [-0.2, -0.15) is 5.26 Å². The van der Waals surface area contributed by atoms with Crippen molar-refractivity contribution in [3.8, 4) is 11.8 Å². The van der Waals surface area contributed by atoms with E-state index in [4.69, 9.17) is 5.26 Å². The minimum Gasteiger partial charge on any atom is -0.504 e. The van der Waals surface area contributed by atoms with E-state index in [2.05, 4.69) is 10.3 Å². The van der Waals surface area contributed by atoms with Crippen LogP contribution >= 0.6 is 0 Å². The molecule has 2 aromatic heterocycles. The lowest BCUT2D eigenvalue weighted by molar-refractivity contribution is 0.102. The molecule has 0 aromatic carbocycles. The molecule has 2 aromatic rings. The molecule has 1 amide bonds. The predicted octanol–water partition coefficient (Wildman–Crippen LogP) is 1.06. The number of carbonyl (C=O) groups excluding carboxylic acids is 1. The van der Waals surface area contributed by atoms with Crippen LogP contribution in [0.15, 0.2) is 23.1 Å². The molecule has 7 nitrogen and oxygen atoms in total. The Morgan fingerprint density at radius 1 is 1.50 bits per heavy atom. The second kappa shape index (κ2) is 5.65. The van der Waals surface area contributed by atoms with Crippen LogP contribution in [-0.4, -0.2) is 20.6 Å². The van der Waals surface area contributed by atoms with Crippen molar-refractivity contribution < 1.29 is 14.3 Å². The zero-order chi connectivity index (χ0) is 16.4. The van der Waals surface area contributed by atoms with E-state index in [1.165, 1.54) is 32.3 Å². The number of aromatic hydroxyl groups is 1. The Hall–Kier alpha value is -3.21. The van der Waals surface area contributed by atoms with E-state index in [0.29, 0.717) is 0 Å². The number of rotatable bonds is 2. The van der Waals surface area contributed by atoms with Crippen LogP contribution in [-0.2, 0) is 7.05 Å². The number of halogens is 1. The number of hydrogen-bond donors (Lipinski definition) is 2. The summed E-state index contributed by atoms with van der Waals surface area (Å²) >= 11 is 0. The first-order valence-electron chi connectivity index (χ1n) is 6.12. The molecule has 112 valence electrons. The smallest absolute Gasteiger partial charge is 0.267 e. The Morgan fingerprint density at radius 3 is 2.73 bits per heavy atom. The highest BCUT2D eigenvalue weighted by Crippen LogP contribution is 2.21. The van der Waals surface area contributed by atoms with Crippen molar-refractivity contribution >= 4 is 11.6 Å². The van der Waals surface area contributed by atoms with Gasteiger partial charge in [-0.1, -0.05) is 0 Å². The number of nitriles is 1. The quantitative estimate of drug-likeness (QED) is 0.862. The van der Waals surface area contributed by atoms with Gasteiger partial charge in [-0.25, -0.2) is 9.37 Å². The van der Waals surface area contributed by atoms with Gasteiger partial charge in [0.15, 0.2) is 11.6 Å². The first kappa shape index (κ1) is 15.2. The number of nitrogens with zero attached hydrogens (tertiary/aromatic N) is 3. The second-order valence-corrected chi connectivity index (χ2v) is 4.49. The van der Waals surface area contributed by atoms with E-state index in [1.807, 2.05) is 6.07 Å². The summed E-state index contributed by atoms with van der Waals surface area (Å²) in [5, 5.41) is 20.7. The maximum atomic E-state index is 13.8. The molecule has 2 rings (SSSR count). The van der Waals surface area contributed by atoms with E-state index in [1.54, 1.807) is 0 Å². The molecule has 0 aliphatic rings. The summed E-state index contributed by atoms with van der Waals surface area (Å²) in [5.41, 5.74) is -1.26. The maximum absolute atomic E-state index is 13.8. The van der Waals surface area contributed by atoms with Gasteiger partial charge in [0.2, 0.25) is 0 Å². The summed E-state index contributed by atoms with van der Waals surface area (Å²) in [6.07, 6.45) is 1.21. The van der Waals surface area contributed by atoms with Crippen LogP contribution in [0.5, 0.6) is 5.75 Å². The monoisotopic (exact) mass is 302 g/mol. The Bertz CT molecular complexity index is 850. The van der Waals surface area contributed by atoms with Gasteiger partial charge in [0.05, 0.1) is 17.6 Å². The summed E-state index contributed by atoms with van der Waals surface area (Å²) in [6.45, 7) is 1.31. The minimum atomic E-state index is -1.04. The van der Waals surface area contributed by atoms with Crippen molar-refractivity contribution in [2.45, 2.75) is 6.92 Å². The Kier molecular flexibility index (Phi) is 3.90. The molecule has 0 saturated heterocycles. The fourth-order valence-corrected chi connectivity index (χ4v) is 1.78. The van der Waals surface area contributed by atoms with Crippen LogP contribution in [0.3, 0.4) is 0 Å². The van der Waals surface area contributed by atoms with Crippen LogP contribution in [0.1, 0.15) is 21.7 Å². The minimum absolute atomic E-state index is 0.0842. The lowest BCUT2D eigenvalue weighted by atomic mass is 10.2. The van der Waals surface area contributed by atoms with Crippen LogP contribution < -0.4 is 10.9 Å². The number of carbonyl (C=O) groups is 1. The molecular weight excluding hydrogens is 291 g/mol. The molecule has 0 fully saturated rings. The standard InChI is InChI=1S/C14H11FN4O3/c1-7-11(15)12(20)10(14(22)19(7)2)13(21)18-9-4-3-8(5-16)17-6-9/h3-4,6,20H,1-2H3,(H,18,21). The molecule has 0 aliphatic carbocycles. The Labute approximate surface area is 124 Å². The van der Waals surface area contributed by atoms with Crippen LogP contribution in [0, 0.1) is 24.1 Å². The highest BCUT2D eigenvalue weighted by atomic mass is 19.1. The number of amides is 1. The zero-order valence-electron chi connectivity index (χ0n) is 11.7. The van der Waals surface area contributed by atoms with Gasteiger partial charge in [-0.15, -0.1) is 0 Å². The predicted molar refractivity (Wildman–Crippen MR) is 74.9 cm³/mol. The van der Waals surface area contributed by atoms with E-state index in [0.717, 1.165) is 4.57 Å². The fourth-order valence-electron chi connectivity index (χ4n) is 1.78. The summed E-state index contributed by atoms with van der Waals surface area (Å²) in [5.74, 6) is -3.01. The maximum Gasteiger partial charge on any atom is 0.267 e. The fraction of sp³-hybridized carbons (Fsp3) is 0.143. The second-order valence-electron chi connectivity index (χ2n) is 4.49. The van der Waals surface area contributed by atoms with E-state index in [-0.39, 0.29) is 17.1 Å². The number of nitrogens with one attached hydrogen (secondary N) is 1. The first-order chi connectivity index (χ1) is 10.4. The molecular formula is C14H11FN4O3. The van der Waals surface area contributed by atoms with Crippen molar-refractivity contribution in [3.63, 3.8) is 0 Å². The largest absolute Gasteiger partial charge is 0.504 e. The molecule has 22 heavy (non-hydrogen) atoms. The van der Waals surface area contributed by atoms with E-state index in [9.17, 15) is 19.1 Å². The molecule has 0 spiro atoms. The number of aromatic nitrogens is 2. The van der Waals surface area contributed by atoms with E-state index < -0.39 is 28.6 Å². The van der Waals surface area contributed by atoms with Crippen molar-refractivity contribution in [1.29, 1.82) is 5.26 Å². The van der Waals surface area contributed by atoms with Gasteiger partial charge in [-0.05, 0) is 19.1 Å². The summed E-state index contributed by atoms with van der Waals surface area (Å²) < 4.78 is 14.7. The summed E-state index contributed by atoms with van der Waals surface area (Å²) in [6, 6.07) is 4.57. The van der Waals surface area contributed by atoms with Gasteiger partial charge in [0.25, 0.3) is 11.5 Å². The van der Waals surface area contributed by atoms with E-state index >= 15 is 0 Å². The molecule has 0 saturated carbocycles. The zero-order valence-corrected chi connectivity index (χ0v) is 11.7. The molecule has 0 unspecified atom stereocenters. The highest BCUT2D eigenvalue weighted by Gasteiger charge is 2.23. The van der Waals surface area contributed by atoms with Gasteiger partial charge < -0.3 is 15.0 Å². The SMILES string of the molecule is Cc1c(F)c(O)c(C(=O)Nc2ccc(C#N)nc2)c(=O)n1C. The van der Waals surface area contributed by atoms with Crippen molar-refractivity contribution in [1.82, 2.24) is 9.55 Å². The van der Waals surface area contributed by atoms with Crippen LogP contribution in [0.2, 0.25) is 0 Å². The third-order valence-electron chi connectivity index (χ3n) is 3.15. The lowest BCUT2D eigenvalue weighted by Crippen LogP contribution is -2.30. The van der Waals surface area contributed by atoms with Gasteiger partial charge in [0.1, 0.15) is 17.3 Å². The topological polar surface area (TPSA) is 108 Å². The molecule has 2 N–H and O–H groups in total. The van der Waals surface area contributed by atoms with Gasteiger partial charge in [0, 0.05) is 7.05 Å². The number of anilines is 1. The summed E-state index contributed by atoms with van der Waals surface area (Å²) in [7, 11) is 1.29. The Morgan fingerprint density at radius 2 is 2.18 bits per heavy atom. The highest BCUT2D eigenvalue weighted by molar-refractivity contribution is 6.05. The third kappa shape index (κ3) is 2.52. The summed E-state index contributed by atoms with van der Waals surface area (Å²) in [4.78, 5) is 27.8. The molecule has 2 heterocycles. The molecule has 8 heteroatoms. The van der Waals surface area contributed by atoms with Crippen molar-refractivity contribution in [2.24, 2.45) is 7.05 Å². The third-order valence-corrected chi connectivity index (χ3v) is 3.15. The average Bonchev–Trinajstić information content (AvgIpc) is 2.52. The normalized spacial score (nSPS) is 10.1. The van der Waals surface area contributed by atoms with Gasteiger partial charge >= 0.3 is 0 Å². The number of pyridine rings is 2. The van der Waals surface area contributed by atoms with Crippen LogP contribution in [0.25, 0.3) is 0 Å².